The standard InChI is InChI=1S/C21H17ClF3N5O/c22-14-6-7-17-16(10-14)19(26-11-15-5-2-8-31-15)27-20-18(28-29-30(17)20)12-3-1-4-13(9-12)21(23,24)25/h1,3-4,6-7,9-10,15H,2,5,8,11H2,(H,26,27)/t15-/m1/s1. The maximum absolute atomic E-state index is 13.2. The predicted molar refractivity (Wildman–Crippen MR) is 111 cm³/mol. The Labute approximate surface area is 180 Å². The van der Waals surface area contributed by atoms with Gasteiger partial charge in [-0.15, -0.1) is 5.10 Å². The fourth-order valence-corrected chi connectivity index (χ4v) is 3.94. The van der Waals surface area contributed by atoms with Crippen LogP contribution in [0, 0.1) is 0 Å². The van der Waals surface area contributed by atoms with Crippen molar-refractivity contribution in [3.8, 4) is 11.3 Å². The van der Waals surface area contributed by atoms with Gasteiger partial charge in [-0.2, -0.15) is 17.7 Å². The van der Waals surface area contributed by atoms with Crippen LogP contribution in [0.1, 0.15) is 18.4 Å². The van der Waals surface area contributed by atoms with Gasteiger partial charge >= 0.3 is 6.18 Å². The van der Waals surface area contributed by atoms with Crippen molar-refractivity contribution in [1.29, 1.82) is 0 Å². The van der Waals surface area contributed by atoms with E-state index in [-0.39, 0.29) is 17.4 Å². The van der Waals surface area contributed by atoms with Crippen molar-refractivity contribution in [3.05, 3.63) is 53.1 Å². The van der Waals surface area contributed by atoms with Gasteiger partial charge in [-0.3, -0.25) is 0 Å². The second-order valence-electron chi connectivity index (χ2n) is 7.39. The molecule has 1 atom stereocenters. The average molecular weight is 448 g/mol. The molecular weight excluding hydrogens is 431 g/mol. The zero-order valence-corrected chi connectivity index (χ0v) is 16.9. The van der Waals surface area contributed by atoms with E-state index in [0.717, 1.165) is 37.0 Å². The quantitative estimate of drug-likeness (QED) is 0.465. The SMILES string of the molecule is FC(F)(F)c1cccc(-c2nnn3c2nc(NC[C@H]2CCCO2)c2cc(Cl)ccc23)c1. The summed E-state index contributed by atoms with van der Waals surface area (Å²) in [6, 6.07) is 10.3. The first-order valence-corrected chi connectivity index (χ1v) is 10.2. The monoisotopic (exact) mass is 447 g/mol. The number of benzene rings is 2. The number of halogens is 4. The molecule has 10 heteroatoms. The molecule has 1 saturated heterocycles. The lowest BCUT2D eigenvalue weighted by molar-refractivity contribution is -0.137. The van der Waals surface area contributed by atoms with Gasteiger partial charge in [0.05, 0.1) is 17.2 Å². The van der Waals surface area contributed by atoms with Gasteiger partial charge in [0.2, 0.25) is 0 Å². The molecule has 1 aliphatic heterocycles. The van der Waals surface area contributed by atoms with Crippen LogP contribution in [0.5, 0.6) is 0 Å². The molecule has 0 aliphatic carbocycles. The summed E-state index contributed by atoms with van der Waals surface area (Å²) in [6.07, 6.45) is -2.41. The summed E-state index contributed by atoms with van der Waals surface area (Å²) in [5, 5.41) is 12.9. The largest absolute Gasteiger partial charge is 0.416 e. The number of fused-ring (bicyclic) bond motifs is 3. The summed E-state index contributed by atoms with van der Waals surface area (Å²) >= 11 is 6.20. The Balaban J connectivity index is 1.65. The van der Waals surface area contributed by atoms with Crippen molar-refractivity contribution in [2.24, 2.45) is 0 Å². The van der Waals surface area contributed by atoms with Gasteiger partial charge in [-0.25, -0.2) is 4.98 Å². The number of alkyl halides is 3. The number of ether oxygens (including phenoxy) is 1. The average Bonchev–Trinajstić information content (AvgIpc) is 3.41. The van der Waals surface area contributed by atoms with Crippen LogP contribution in [0.4, 0.5) is 19.0 Å². The highest BCUT2D eigenvalue weighted by atomic mass is 35.5. The molecule has 0 saturated carbocycles. The fraction of sp³-hybridized carbons (Fsp3) is 0.286. The highest BCUT2D eigenvalue weighted by Gasteiger charge is 2.31. The van der Waals surface area contributed by atoms with Gasteiger partial charge in [0.25, 0.3) is 0 Å². The van der Waals surface area contributed by atoms with Gasteiger partial charge in [0.15, 0.2) is 5.65 Å². The van der Waals surface area contributed by atoms with Crippen molar-refractivity contribution in [3.63, 3.8) is 0 Å². The number of rotatable bonds is 4. The summed E-state index contributed by atoms with van der Waals surface area (Å²) in [7, 11) is 0. The summed E-state index contributed by atoms with van der Waals surface area (Å²) in [5.41, 5.74) is 0.841. The number of nitrogens with one attached hydrogen (secondary N) is 1. The molecule has 0 spiro atoms. The van der Waals surface area contributed by atoms with E-state index in [0.29, 0.717) is 28.5 Å². The van der Waals surface area contributed by atoms with Crippen LogP contribution >= 0.6 is 11.6 Å². The minimum absolute atomic E-state index is 0.0817. The molecule has 0 amide bonds. The van der Waals surface area contributed by atoms with Crippen LogP contribution in [0.3, 0.4) is 0 Å². The molecule has 160 valence electrons. The second kappa shape index (κ2) is 7.65. The van der Waals surface area contributed by atoms with E-state index >= 15 is 0 Å². The maximum atomic E-state index is 13.2. The molecule has 0 bridgehead atoms. The van der Waals surface area contributed by atoms with E-state index < -0.39 is 11.7 Å². The Morgan fingerprint density at radius 3 is 2.84 bits per heavy atom. The zero-order chi connectivity index (χ0) is 21.6. The summed E-state index contributed by atoms with van der Waals surface area (Å²) in [5.74, 6) is 0.552. The lowest BCUT2D eigenvalue weighted by Crippen LogP contribution is -2.19. The van der Waals surface area contributed by atoms with Crippen LogP contribution in [0.25, 0.3) is 27.8 Å². The molecule has 5 rings (SSSR count). The highest BCUT2D eigenvalue weighted by Crippen LogP contribution is 2.34. The molecule has 0 unspecified atom stereocenters. The topological polar surface area (TPSA) is 64.3 Å². The predicted octanol–water partition coefficient (Wildman–Crippen LogP) is 5.21. The van der Waals surface area contributed by atoms with Gasteiger partial charge in [-0.1, -0.05) is 28.9 Å². The molecule has 0 radical (unpaired) electrons. The first-order valence-electron chi connectivity index (χ1n) is 9.78. The number of hydrogen-bond acceptors (Lipinski definition) is 5. The minimum Gasteiger partial charge on any atom is -0.376 e. The van der Waals surface area contributed by atoms with Gasteiger partial charge in [-0.05, 0) is 43.2 Å². The lowest BCUT2D eigenvalue weighted by Gasteiger charge is -2.14. The first-order chi connectivity index (χ1) is 14.9. The molecule has 31 heavy (non-hydrogen) atoms. The number of aromatic nitrogens is 4. The maximum Gasteiger partial charge on any atom is 0.416 e. The van der Waals surface area contributed by atoms with Crippen LogP contribution < -0.4 is 5.32 Å². The van der Waals surface area contributed by atoms with E-state index in [1.165, 1.54) is 10.6 Å². The van der Waals surface area contributed by atoms with Gasteiger partial charge in [0, 0.05) is 29.1 Å². The van der Waals surface area contributed by atoms with Crippen molar-refractivity contribution < 1.29 is 17.9 Å². The van der Waals surface area contributed by atoms with E-state index in [2.05, 4.69) is 20.6 Å². The third kappa shape index (κ3) is 3.79. The molecule has 3 heterocycles. The molecule has 1 N–H and O–H groups in total. The zero-order valence-electron chi connectivity index (χ0n) is 16.2. The molecule has 2 aromatic heterocycles. The summed E-state index contributed by atoms with van der Waals surface area (Å²) in [6.45, 7) is 1.29. The van der Waals surface area contributed by atoms with E-state index in [9.17, 15) is 13.2 Å². The Morgan fingerprint density at radius 2 is 2.06 bits per heavy atom. The van der Waals surface area contributed by atoms with Gasteiger partial charge < -0.3 is 10.1 Å². The Kier molecular flexibility index (Phi) is 4.94. The number of nitrogens with zero attached hydrogens (tertiary/aromatic N) is 4. The van der Waals surface area contributed by atoms with Crippen LogP contribution in [0.15, 0.2) is 42.5 Å². The van der Waals surface area contributed by atoms with Crippen molar-refractivity contribution in [2.75, 3.05) is 18.5 Å². The molecule has 4 aromatic rings. The van der Waals surface area contributed by atoms with E-state index in [1.807, 2.05) is 0 Å². The molecular formula is C21H17ClF3N5O. The molecule has 2 aromatic carbocycles. The molecule has 1 aliphatic rings. The van der Waals surface area contributed by atoms with Crippen LogP contribution in [0.2, 0.25) is 5.02 Å². The summed E-state index contributed by atoms with van der Waals surface area (Å²) in [4.78, 5) is 4.67. The molecule has 6 nitrogen and oxygen atoms in total. The van der Waals surface area contributed by atoms with Crippen molar-refractivity contribution >= 4 is 34.0 Å². The third-order valence-corrected chi connectivity index (χ3v) is 5.53. The van der Waals surface area contributed by atoms with Crippen LogP contribution in [-0.4, -0.2) is 39.1 Å². The van der Waals surface area contributed by atoms with Crippen molar-refractivity contribution in [1.82, 2.24) is 19.8 Å². The summed E-state index contributed by atoms with van der Waals surface area (Å²) < 4.78 is 46.8. The van der Waals surface area contributed by atoms with E-state index in [4.69, 9.17) is 16.3 Å². The first kappa shape index (κ1) is 20.0. The normalized spacial score (nSPS) is 17.0. The number of anilines is 1. The molecule has 1 fully saturated rings. The lowest BCUT2D eigenvalue weighted by atomic mass is 10.1. The number of hydrogen-bond donors (Lipinski definition) is 1. The Hall–Kier alpha value is -2.91. The smallest absolute Gasteiger partial charge is 0.376 e. The Morgan fingerprint density at radius 1 is 1.19 bits per heavy atom. The third-order valence-electron chi connectivity index (χ3n) is 5.29. The Bertz CT molecular complexity index is 1270. The van der Waals surface area contributed by atoms with Crippen LogP contribution in [-0.2, 0) is 10.9 Å². The highest BCUT2D eigenvalue weighted by molar-refractivity contribution is 6.31. The van der Waals surface area contributed by atoms with Crippen molar-refractivity contribution in [2.45, 2.75) is 25.1 Å². The van der Waals surface area contributed by atoms with Gasteiger partial charge in [0.1, 0.15) is 11.5 Å². The second-order valence-corrected chi connectivity index (χ2v) is 7.83. The van der Waals surface area contributed by atoms with E-state index in [1.54, 1.807) is 24.3 Å². The fourth-order valence-electron chi connectivity index (χ4n) is 3.77. The minimum atomic E-state index is -4.45.